The first kappa shape index (κ1) is 13.2. The van der Waals surface area contributed by atoms with Gasteiger partial charge in [-0.05, 0) is 38.9 Å². The minimum atomic E-state index is 0.361. The molecule has 2 aromatic rings. The molecule has 0 spiro atoms. The van der Waals surface area contributed by atoms with Crippen molar-refractivity contribution in [3.63, 3.8) is 0 Å². The molecule has 0 amide bonds. The number of pyridine rings is 1. The molecule has 1 unspecified atom stereocenters. The molecule has 3 nitrogen and oxygen atoms in total. The lowest BCUT2D eigenvalue weighted by atomic mass is 10.2. The molecule has 1 atom stereocenters. The summed E-state index contributed by atoms with van der Waals surface area (Å²) in [6.07, 6.45) is 2.96. The van der Waals surface area contributed by atoms with Crippen molar-refractivity contribution in [2.24, 2.45) is 0 Å². The highest BCUT2D eigenvalue weighted by Crippen LogP contribution is 2.30. The molecule has 0 aliphatic rings. The Morgan fingerprint density at radius 3 is 2.89 bits per heavy atom. The van der Waals surface area contributed by atoms with Gasteiger partial charge in [0.1, 0.15) is 5.01 Å². The van der Waals surface area contributed by atoms with Crippen LogP contribution in [0.1, 0.15) is 36.9 Å². The van der Waals surface area contributed by atoms with Gasteiger partial charge in [-0.25, -0.2) is 4.98 Å². The van der Waals surface area contributed by atoms with E-state index in [0.29, 0.717) is 6.04 Å². The molecule has 2 heterocycles. The second kappa shape index (κ2) is 6.07. The summed E-state index contributed by atoms with van der Waals surface area (Å²) in [6, 6.07) is 6.29. The van der Waals surface area contributed by atoms with Gasteiger partial charge in [0.15, 0.2) is 0 Å². The van der Waals surface area contributed by atoms with Gasteiger partial charge < -0.3 is 5.32 Å². The van der Waals surface area contributed by atoms with Gasteiger partial charge in [0.2, 0.25) is 0 Å². The molecule has 0 radical (unpaired) electrons. The molecule has 2 aromatic heterocycles. The number of rotatable bonds is 5. The Morgan fingerprint density at radius 1 is 1.39 bits per heavy atom. The number of hydrogen-bond acceptors (Lipinski definition) is 4. The van der Waals surface area contributed by atoms with Gasteiger partial charge >= 0.3 is 0 Å². The van der Waals surface area contributed by atoms with Crippen LogP contribution >= 0.6 is 11.3 Å². The predicted octanol–water partition coefficient (Wildman–Crippen LogP) is 3.57. The van der Waals surface area contributed by atoms with E-state index >= 15 is 0 Å². The first-order chi connectivity index (χ1) is 8.72. The largest absolute Gasteiger partial charge is 0.309 e. The molecule has 18 heavy (non-hydrogen) atoms. The Balaban J connectivity index is 2.22. The molecule has 4 heteroatoms. The van der Waals surface area contributed by atoms with E-state index in [1.54, 1.807) is 11.3 Å². The van der Waals surface area contributed by atoms with Gasteiger partial charge in [-0.15, -0.1) is 11.3 Å². The van der Waals surface area contributed by atoms with Crippen LogP contribution in [0.4, 0.5) is 0 Å². The van der Waals surface area contributed by atoms with Gasteiger partial charge in [-0.3, -0.25) is 4.98 Å². The van der Waals surface area contributed by atoms with Crippen LogP contribution < -0.4 is 5.32 Å². The molecular weight excluding hydrogens is 242 g/mol. The number of nitrogens with zero attached hydrogens (tertiary/aromatic N) is 2. The van der Waals surface area contributed by atoms with Crippen LogP contribution in [0.2, 0.25) is 0 Å². The maximum atomic E-state index is 4.63. The van der Waals surface area contributed by atoms with Crippen LogP contribution in [0, 0.1) is 6.92 Å². The Labute approximate surface area is 112 Å². The van der Waals surface area contributed by atoms with Crippen molar-refractivity contribution in [1.82, 2.24) is 15.3 Å². The van der Waals surface area contributed by atoms with Crippen molar-refractivity contribution in [3.05, 3.63) is 35.0 Å². The Bertz CT molecular complexity index is 493. The lowest BCUT2D eigenvalue weighted by molar-refractivity contribution is 0.575. The fraction of sp³-hybridized carbons (Fsp3) is 0.429. The maximum absolute atomic E-state index is 4.63. The molecule has 0 aliphatic carbocycles. The normalized spacial score (nSPS) is 12.6. The summed E-state index contributed by atoms with van der Waals surface area (Å²) < 4.78 is 0. The van der Waals surface area contributed by atoms with E-state index in [1.807, 2.05) is 24.4 Å². The SMILES string of the molecule is CCCNC(C)c1sc(-c2ccccn2)nc1C. The van der Waals surface area contributed by atoms with Crippen molar-refractivity contribution in [3.8, 4) is 10.7 Å². The van der Waals surface area contributed by atoms with E-state index in [-0.39, 0.29) is 0 Å². The molecule has 0 saturated carbocycles. The monoisotopic (exact) mass is 261 g/mol. The van der Waals surface area contributed by atoms with Crippen LogP contribution in [-0.4, -0.2) is 16.5 Å². The minimum absolute atomic E-state index is 0.361. The molecule has 96 valence electrons. The van der Waals surface area contributed by atoms with Crippen LogP contribution in [0.5, 0.6) is 0 Å². The fourth-order valence-corrected chi connectivity index (χ4v) is 2.93. The third-order valence-corrected chi connectivity index (χ3v) is 4.17. The zero-order valence-electron chi connectivity index (χ0n) is 11.1. The zero-order chi connectivity index (χ0) is 13.0. The summed E-state index contributed by atoms with van der Waals surface area (Å²) in [7, 11) is 0. The summed E-state index contributed by atoms with van der Waals surface area (Å²) in [4.78, 5) is 10.3. The minimum Gasteiger partial charge on any atom is -0.309 e. The molecule has 0 aromatic carbocycles. The molecular formula is C14H19N3S. The average Bonchev–Trinajstić information content (AvgIpc) is 2.79. The third kappa shape index (κ3) is 2.94. The highest BCUT2D eigenvalue weighted by atomic mass is 32.1. The summed E-state index contributed by atoms with van der Waals surface area (Å²) in [5.74, 6) is 0. The summed E-state index contributed by atoms with van der Waals surface area (Å²) in [5, 5.41) is 4.51. The van der Waals surface area contributed by atoms with Crippen LogP contribution in [0.3, 0.4) is 0 Å². The summed E-state index contributed by atoms with van der Waals surface area (Å²) in [5.41, 5.74) is 2.07. The van der Waals surface area contributed by atoms with Gasteiger partial charge in [-0.1, -0.05) is 13.0 Å². The Morgan fingerprint density at radius 2 is 2.22 bits per heavy atom. The Hall–Kier alpha value is -1.26. The second-order valence-corrected chi connectivity index (χ2v) is 5.39. The van der Waals surface area contributed by atoms with Crippen LogP contribution in [0.25, 0.3) is 10.7 Å². The van der Waals surface area contributed by atoms with Gasteiger partial charge in [-0.2, -0.15) is 0 Å². The van der Waals surface area contributed by atoms with E-state index in [4.69, 9.17) is 0 Å². The van der Waals surface area contributed by atoms with E-state index < -0.39 is 0 Å². The molecule has 2 rings (SSSR count). The number of aryl methyl sites for hydroxylation is 1. The van der Waals surface area contributed by atoms with Gasteiger partial charge in [0.05, 0.1) is 11.4 Å². The van der Waals surface area contributed by atoms with Crippen molar-refractivity contribution < 1.29 is 0 Å². The predicted molar refractivity (Wildman–Crippen MR) is 76.8 cm³/mol. The van der Waals surface area contributed by atoms with Crippen LogP contribution in [-0.2, 0) is 0 Å². The van der Waals surface area contributed by atoms with E-state index in [2.05, 4.69) is 36.1 Å². The van der Waals surface area contributed by atoms with Crippen molar-refractivity contribution in [1.29, 1.82) is 0 Å². The first-order valence-corrected chi connectivity index (χ1v) is 7.16. The number of thiazole rings is 1. The summed E-state index contributed by atoms with van der Waals surface area (Å²) in [6.45, 7) is 7.48. The molecule has 1 N–H and O–H groups in total. The topological polar surface area (TPSA) is 37.8 Å². The maximum Gasteiger partial charge on any atom is 0.142 e. The smallest absolute Gasteiger partial charge is 0.142 e. The molecule has 0 fully saturated rings. The molecule has 0 aliphatic heterocycles. The van der Waals surface area contributed by atoms with Gasteiger partial charge in [0, 0.05) is 17.1 Å². The van der Waals surface area contributed by atoms with Crippen molar-refractivity contribution in [2.45, 2.75) is 33.2 Å². The van der Waals surface area contributed by atoms with Crippen LogP contribution in [0.15, 0.2) is 24.4 Å². The standard InChI is InChI=1S/C14H19N3S/c1-4-8-15-10(2)13-11(3)17-14(18-13)12-7-5-6-9-16-12/h5-7,9-10,15H,4,8H2,1-3H3. The quantitative estimate of drug-likeness (QED) is 0.894. The fourth-order valence-electron chi connectivity index (χ4n) is 1.86. The Kier molecular flexibility index (Phi) is 4.44. The van der Waals surface area contributed by atoms with E-state index in [0.717, 1.165) is 29.4 Å². The molecule has 0 bridgehead atoms. The van der Waals surface area contributed by atoms with Crippen molar-refractivity contribution >= 4 is 11.3 Å². The highest BCUT2D eigenvalue weighted by Gasteiger charge is 2.14. The van der Waals surface area contributed by atoms with E-state index in [9.17, 15) is 0 Å². The summed E-state index contributed by atoms with van der Waals surface area (Å²) >= 11 is 1.74. The average molecular weight is 261 g/mol. The zero-order valence-corrected chi connectivity index (χ0v) is 11.9. The first-order valence-electron chi connectivity index (χ1n) is 6.34. The lowest BCUT2D eigenvalue weighted by Gasteiger charge is -2.11. The number of hydrogen-bond donors (Lipinski definition) is 1. The second-order valence-electron chi connectivity index (χ2n) is 4.36. The molecule has 0 saturated heterocycles. The van der Waals surface area contributed by atoms with Gasteiger partial charge in [0.25, 0.3) is 0 Å². The number of aromatic nitrogens is 2. The third-order valence-electron chi connectivity index (χ3n) is 2.81. The number of nitrogens with one attached hydrogen (secondary N) is 1. The highest BCUT2D eigenvalue weighted by molar-refractivity contribution is 7.15. The van der Waals surface area contributed by atoms with Crippen molar-refractivity contribution in [2.75, 3.05) is 6.54 Å². The van der Waals surface area contributed by atoms with E-state index in [1.165, 1.54) is 4.88 Å². The lowest BCUT2D eigenvalue weighted by Crippen LogP contribution is -2.18.